The average molecular weight is 268 g/mol. The standard InChI is InChI=1S/C16H20N4/c1-20(12-13-3-2-7-17-9-13)16-6-8-18-10-14(16)11-19-15-4-5-15/h2-3,6-10,15,19H,4-5,11-12H2,1H3. The van der Waals surface area contributed by atoms with Crippen molar-refractivity contribution in [3.05, 3.63) is 54.1 Å². The van der Waals surface area contributed by atoms with Gasteiger partial charge in [0.1, 0.15) is 0 Å². The average Bonchev–Trinajstić information content (AvgIpc) is 3.31. The van der Waals surface area contributed by atoms with Crippen LogP contribution < -0.4 is 10.2 Å². The number of hydrogen-bond acceptors (Lipinski definition) is 4. The van der Waals surface area contributed by atoms with Gasteiger partial charge in [-0.15, -0.1) is 0 Å². The Hall–Kier alpha value is -1.94. The van der Waals surface area contributed by atoms with E-state index < -0.39 is 0 Å². The van der Waals surface area contributed by atoms with Crippen LogP contribution in [0, 0.1) is 0 Å². The second-order valence-electron chi connectivity index (χ2n) is 5.38. The van der Waals surface area contributed by atoms with Gasteiger partial charge in [0.25, 0.3) is 0 Å². The first kappa shape index (κ1) is 13.1. The number of rotatable bonds is 6. The lowest BCUT2D eigenvalue weighted by atomic mass is 10.2. The highest BCUT2D eigenvalue weighted by atomic mass is 15.1. The van der Waals surface area contributed by atoms with Crippen molar-refractivity contribution in [3.8, 4) is 0 Å². The number of pyridine rings is 2. The van der Waals surface area contributed by atoms with Gasteiger partial charge >= 0.3 is 0 Å². The summed E-state index contributed by atoms with van der Waals surface area (Å²) in [5, 5.41) is 3.55. The maximum atomic E-state index is 4.25. The molecule has 1 fully saturated rings. The molecule has 3 rings (SSSR count). The first-order valence-electron chi connectivity index (χ1n) is 7.09. The van der Waals surface area contributed by atoms with Gasteiger partial charge in [0.2, 0.25) is 0 Å². The van der Waals surface area contributed by atoms with E-state index in [9.17, 15) is 0 Å². The van der Waals surface area contributed by atoms with Gasteiger partial charge < -0.3 is 10.2 Å². The topological polar surface area (TPSA) is 41.1 Å². The Labute approximate surface area is 119 Å². The lowest BCUT2D eigenvalue weighted by molar-refractivity contribution is 0.683. The molecule has 1 N–H and O–H groups in total. The zero-order valence-corrected chi connectivity index (χ0v) is 11.8. The minimum absolute atomic E-state index is 0.715. The van der Waals surface area contributed by atoms with E-state index in [1.54, 1.807) is 6.20 Å². The summed E-state index contributed by atoms with van der Waals surface area (Å²) < 4.78 is 0. The summed E-state index contributed by atoms with van der Waals surface area (Å²) in [6.45, 7) is 1.75. The maximum absolute atomic E-state index is 4.25. The monoisotopic (exact) mass is 268 g/mol. The lowest BCUT2D eigenvalue weighted by Gasteiger charge is -2.22. The van der Waals surface area contributed by atoms with Crippen LogP contribution in [0.15, 0.2) is 43.0 Å². The molecular weight excluding hydrogens is 248 g/mol. The van der Waals surface area contributed by atoms with Crippen LogP contribution in [0.2, 0.25) is 0 Å². The van der Waals surface area contributed by atoms with Gasteiger partial charge in [-0.2, -0.15) is 0 Å². The van der Waals surface area contributed by atoms with Gasteiger partial charge in [-0.05, 0) is 30.5 Å². The smallest absolute Gasteiger partial charge is 0.0443 e. The molecule has 0 bridgehead atoms. The first-order valence-corrected chi connectivity index (χ1v) is 7.09. The Kier molecular flexibility index (Phi) is 3.92. The molecule has 0 unspecified atom stereocenters. The van der Waals surface area contributed by atoms with E-state index in [2.05, 4.69) is 39.4 Å². The van der Waals surface area contributed by atoms with Crippen LogP contribution in [-0.4, -0.2) is 23.1 Å². The van der Waals surface area contributed by atoms with Crippen molar-refractivity contribution in [2.75, 3.05) is 11.9 Å². The Morgan fingerprint density at radius 2 is 2.05 bits per heavy atom. The number of aromatic nitrogens is 2. The van der Waals surface area contributed by atoms with E-state index in [0.29, 0.717) is 6.04 Å². The van der Waals surface area contributed by atoms with E-state index in [0.717, 1.165) is 13.1 Å². The van der Waals surface area contributed by atoms with Gasteiger partial charge in [0, 0.05) is 62.2 Å². The van der Waals surface area contributed by atoms with Crippen LogP contribution in [0.5, 0.6) is 0 Å². The third-order valence-corrected chi connectivity index (χ3v) is 3.59. The molecule has 0 spiro atoms. The van der Waals surface area contributed by atoms with Crippen LogP contribution in [-0.2, 0) is 13.1 Å². The molecular formula is C16H20N4. The normalized spacial score (nSPS) is 14.2. The first-order chi connectivity index (χ1) is 9.83. The van der Waals surface area contributed by atoms with E-state index in [4.69, 9.17) is 0 Å². The summed E-state index contributed by atoms with van der Waals surface area (Å²) in [7, 11) is 2.11. The molecule has 104 valence electrons. The quantitative estimate of drug-likeness (QED) is 0.873. The van der Waals surface area contributed by atoms with Crippen LogP contribution in [0.4, 0.5) is 5.69 Å². The van der Waals surface area contributed by atoms with Crippen molar-refractivity contribution in [2.45, 2.75) is 32.0 Å². The van der Waals surface area contributed by atoms with Crippen molar-refractivity contribution in [3.63, 3.8) is 0 Å². The Bertz CT molecular complexity index is 551. The lowest BCUT2D eigenvalue weighted by Crippen LogP contribution is -2.21. The molecule has 2 aromatic heterocycles. The van der Waals surface area contributed by atoms with E-state index in [1.165, 1.54) is 29.7 Å². The summed E-state index contributed by atoms with van der Waals surface area (Å²) in [6.07, 6.45) is 10.2. The molecule has 2 aromatic rings. The second-order valence-corrected chi connectivity index (χ2v) is 5.38. The fourth-order valence-corrected chi connectivity index (χ4v) is 2.32. The fourth-order valence-electron chi connectivity index (χ4n) is 2.32. The van der Waals surface area contributed by atoms with Gasteiger partial charge in [-0.3, -0.25) is 9.97 Å². The molecule has 0 radical (unpaired) electrons. The molecule has 0 saturated heterocycles. The molecule has 4 nitrogen and oxygen atoms in total. The minimum atomic E-state index is 0.715. The van der Waals surface area contributed by atoms with Crippen molar-refractivity contribution in [1.82, 2.24) is 15.3 Å². The summed E-state index contributed by atoms with van der Waals surface area (Å²) in [5.74, 6) is 0. The highest BCUT2D eigenvalue weighted by Crippen LogP contribution is 2.23. The van der Waals surface area contributed by atoms with Gasteiger partial charge in [-0.25, -0.2) is 0 Å². The van der Waals surface area contributed by atoms with Crippen molar-refractivity contribution in [2.24, 2.45) is 0 Å². The largest absolute Gasteiger partial charge is 0.370 e. The molecule has 20 heavy (non-hydrogen) atoms. The number of hydrogen-bond donors (Lipinski definition) is 1. The highest BCUT2D eigenvalue weighted by Gasteiger charge is 2.20. The summed E-state index contributed by atoms with van der Waals surface area (Å²) in [6, 6.07) is 6.88. The summed E-state index contributed by atoms with van der Waals surface area (Å²) in [5.41, 5.74) is 3.70. The van der Waals surface area contributed by atoms with E-state index in [-0.39, 0.29) is 0 Å². The van der Waals surface area contributed by atoms with Crippen LogP contribution in [0.25, 0.3) is 0 Å². The van der Waals surface area contributed by atoms with E-state index >= 15 is 0 Å². The van der Waals surface area contributed by atoms with Crippen molar-refractivity contribution in [1.29, 1.82) is 0 Å². The van der Waals surface area contributed by atoms with Gasteiger partial charge in [0.05, 0.1) is 0 Å². The molecule has 1 saturated carbocycles. The predicted molar refractivity (Wildman–Crippen MR) is 80.4 cm³/mol. The third-order valence-electron chi connectivity index (χ3n) is 3.59. The predicted octanol–water partition coefficient (Wildman–Crippen LogP) is 2.37. The van der Waals surface area contributed by atoms with Gasteiger partial charge in [-0.1, -0.05) is 6.07 Å². The van der Waals surface area contributed by atoms with Crippen LogP contribution in [0.3, 0.4) is 0 Å². The summed E-state index contributed by atoms with van der Waals surface area (Å²) >= 11 is 0. The zero-order valence-electron chi connectivity index (χ0n) is 11.8. The molecule has 4 heteroatoms. The highest BCUT2D eigenvalue weighted by molar-refractivity contribution is 5.51. The molecule has 1 aliphatic carbocycles. The Balaban J connectivity index is 1.71. The molecule has 0 atom stereocenters. The number of nitrogens with one attached hydrogen (secondary N) is 1. The fraction of sp³-hybridized carbons (Fsp3) is 0.375. The minimum Gasteiger partial charge on any atom is -0.370 e. The SMILES string of the molecule is CN(Cc1cccnc1)c1ccncc1CNC1CC1. The Morgan fingerprint density at radius 1 is 1.20 bits per heavy atom. The third kappa shape index (κ3) is 3.33. The maximum Gasteiger partial charge on any atom is 0.0443 e. The van der Waals surface area contributed by atoms with E-state index in [1.807, 2.05) is 24.7 Å². The van der Waals surface area contributed by atoms with Crippen LogP contribution in [0.1, 0.15) is 24.0 Å². The molecule has 1 aliphatic rings. The molecule has 0 amide bonds. The van der Waals surface area contributed by atoms with Gasteiger partial charge in [0.15, 0.2) is 0 Å². The number of anilines is 1. The Morgan fingerprint density at radius 3 is 2.80 bits per heavy atom. The van der Waals surface area contributed by atoms with Crippen LogP contribution >= 0.6 is 0 Å². The number of nitrogens with zero attached hydrogens (tertiary/aromatic N) is 3. The van der Waals surface area contributed by atoms with Crippen molar-refractivity contribution < 1.29 is 0 Å². The van der Waals surface area contributed by atoms with Crippen molar-refractivity contribution >= 4 is 5.69 Å². The molecule has 0 aromatic carbocycles. The second kappa shape index (κ2) is 6.01. The summed E-state index contributed by atoms with van der Waals surface area (Å²) in [4.78, 5) is 10.7. The molecule has 2 heterocycles. The molecule has 0 aliphatic heterocycles. The zero-order chi connectivity index (χ0) is 13.8.